The number of ether oxygens (including phenoxy) is 1. The Morgan fingerprint density at radius 1 is 0.900 bits per heavy atom. The molecule has 0 saturated carbocycles. The van der Waals surface area contributed by atoms with Crippen molar-refractivity contribution in [3.8, 4) is 22.8 Å². The van der Waals surface area contributed by atoms with Crippen molar-refractivity contribution in [3.05, 3.63) is 79.1 Å². The SMILES string of the molecule is O=C(OCCCCc1cc(-c2ccccn2)nnc1-c1ccccn1)n1ccnc1. The molecule has 4 aromatic rings. The van der Waals surface area contributed by atoms with Crippen molar-refractivity contribution < 1.29 is 9.53 Å². The van der Waals surface area contributed by atoms with E-state index in [2.05, 4.69) is 25.1 Å². The summed E-state index contributed by atoms with van der Waals surface area (Å²) in [5.74, 6) is 0. The molecular formula is C22H20N6O2. The maximum absolute atomic E-state index is 11.8. The number of carbonyl (C=O) groups is 1. The number of pyridine rings is 2. The van der Waals surface area contributed by atoms with Crippen molar-refractivity contribution in [1.29, 1.82) is 0 Å². The Morgan fingerprint density at radius 2 is 1.70 bits per heavy atom. The van der Waals surface area contributed by atoms with Gasteiger partial charge in [-0.25, -0.2) is 14.3 Å². The van der Waals surface area contributed by atoms with Crippen LogP contribution in [0.1, 0.15) is 18.4 Å². The molecule has 0 bridgehead atoms. The molecule has 8 nitrogen and oxygen atoms in total. The molecule has 4 heterocycles. The van der Waals surface area contributed by atoms with Crippen molar-refractivity contribution in [2.75, 3.05) is 6.61 Å². The van der Waals surface area contributed by atoms with Crippen LogP contribution < -0.4 is 0 Å². The van der Waals surface area contributed by atoms with Gasteiger partial charge < -0.3 is 4.74 Å². The van der Waals surface area contributed by atoms with Crippen LogP contribution in [0.15, 0.2) is 73.6 Å². The minimum absolute atomic E-state index is 0.335. The van der Waals surface area contributed by atoms with Gasteiger partial charge in [-0.05, 0) is 55.2 Å². The minimum atomic E-state index is -0.426. The van der Waals surface area contributed by atoms with Gasteiger partial charge in [0.05, 0.1) is 18.0 Å². The first kappa shape index (κ1) is 19.4. The summed E-state index contributed by atoms with van der Waals surface area (Å²) in [6.45, 7) is 0.335. The molecule has 4 aromatic heterocycles. The topological polar surface area (TPSA) is 95.7 Å². The molecule has 0 radical (unpaired) electrons. The molecule has 0 fully saturated rings. The molecule has 0 aromatic carbocycles. The molecule has 0 aliphatic heterocycles. The van der Waals surface area contributed by atoms with Crippen LogP contribution in [0, 0.1) is 0 Å². The minimum Gasteiger partial charge on any atom is -0.449 e. The van der Waals surface area contributed by atoms with E-state index < -0.39 is 6.09 Å². The van der Waals surface area contributed by atoms with E-state index in [4.69, 9.17) is 4.74 Å². The van der Waals surface area contributed by atoms with Gasteiger partial charge in [0.1, 0.15) is 17.7 Å². The molecule has 0 aliphatic carbocycles. The fraction of sp³-hybridized carbons (Fsp3) is 0.182. The molecule has 0 N–H and O–H groups in total. The summed E-state index contributed by atoms with van der Waals surface area (Å²) in [5, 5.41) is 8.79. The van der Waals surface area contributed by atoms with Crippen molar-refractivity contribution in [3.63, 3.8) is 0 Å². The van der Waals surface area contributed by atoms with E-state index in [1.54, 1.807) is 18.6 Å². The van der Waals surface area contributed by atoms with Gasteiger partial charge >= 0.3 is 6.09 Å². The highest BCUT2D eigenvalue weighted by Crippen LogP contribution is 2.24. The third-order valence-electron chi connectivity index (χ3n) is 4.49. The first-order valence-corrected chi connectivity index (χ1v) is 9.66. The summed E-state index contributed by atoms with van der Waals surface area (Å²) in [6.07, 6.45) is 9.87. The summed E-state index contributed by atoms with van der Waals surface area (Å²) in [7, 11) is 0. The summed E-state index contributed by atoms with van der Waals surface area (Å²) in [5.41, 5.74) is 4.06. The molecule has 0 unspecified atom stereocenters. The quantitative estimate of drug-likeness (QED) is 0.435. The molecule has 0 atom stereocenters. The van der Waals surface area contributed by atoms with Gasteiger partial charge in [-0.2, -0.15) is 0 Å². The molecule has 8 heteroatoms. The Kier molecular flexibility index (Phi) is 6.14. The van der Waals surface area contributed by atoms with Crippen LogP contribution in [0.2, 0.25) is 0 Å². The van der Waals surface area contributed by atoms with Crippen LogP contribution in [0.4, 0.5) is 4.79 Å². The zero-order chi connectivity index (χ0) is 20.6. The highest BCUT2D eigenvalue weighted by molar-refractivity contribution is 5.69. The summed E-state index contributed by atoms with van der Waals surface area (Å²) in [4.78, 5) is 24.5. The first-order valence-electron chi connectivity index (χ1n) is 9.66. The van der Waals surface area contributed by atoms with Gasteiger partial charge in [0.25, 0.3) is 0 Å². The lowest BCUT2D eigenvalue weighted by Gasteiger charge is -2.10. The van der Waals surface area contributed by atoms with E-state index in [1.807, 2.05) is 42.5 Å². The largest absolute Gasteiger partial charge is 0.449 e. The number of rotatable bonds is 7. The van der Waals surface area contributed by atoms with Crippen LogP contribution in [0.3, 0.4) is 0 Å². The van der Waals surface area contributed by atoms with Crippen LogP contribution in [-0.2, 0) is 11.2 Å². The van der Waals surface area contributed by atoms with E-state index in [1.165, 1.54) is 17.1 Å². The number of imidazole rings is 1. The third kappa shape index (κ3) is 4.72. The summed E-state index contributed by atoms with van der Waals surface area (Å²) >= 11 is 0. The molecule has 0 amide bonds. The van der Waals surface area contributed by atoms with E-state index in [9.17, 15) is 4.79 Å². The van der Waals surface area contributed by atoms with E-state index in [-0.39, 0.29) is 0 Å². The second-order valence-corrected chi connectivity index (χ2v) is 6.57. The Bertz CT molecular complexity index is 1090. The first-order chi connectivity index (χ1) is 14.8. The van der Waals surface area contributed by atoms with Gasteiger partial charge in [-0.15, -0.1) is 10.2 Å². The van der Waals surface area contributed by atoms with Gasteiger partial charge in [0.2, 0.25) is 0 Å². The van der Waals surface area contributed by atoms with E-state index >= 15 is 0 Å². The third-order valence-corrected chi connectivity index (χ3v) is 4.49. The van der Waals surface area contributed by atoms with Crippen molar-refractivity contribution in [1.82, 2.24) is 29.7 Å². The smallest absolute Gasteiger partial charge is 0.419 e. The standard InChI is InChI=1S/C22H20N6O2/c29-22(28-13-12-23-16-28)30-14-6-3-7-17-15-20(18-8-1-4-10-24-18)26-27-21(17)19-9-2-5-11-25-19/h1-2,4-5,8-13,15-16H,3,6-7,14H2. The molecule has 0 spiro atoms. The highest BCUT2D eigenvalue weighted by Gasteiger charge is 2.12. The Hall–Kier alpha value is -3.94. The Labute approximate surface area is 173 Å². The van der Waals surface area contributed by atoms with Crippen LogP contribution >= 0.6 is 0 Å². The predicted molar refractivity (Wildman–Crippen MR) is 110 cm³/mol. The number of unbranched alkanes of at least 4 members (excludes halogenated alkanes) is 1. The molecule has 150 valence electrons. The maximum Gasteiger partial charge on any atom is 0.419 e. The van der Waals surface area contributed by atoms with Crippen LogP contribution in [-0.4, -0.2) is 42.4 Å². The zero-order valence-electron chi connectivity index (χ0n) is 16.3. The second-order valence-electron chi connectivity index (χ2n) is 6.57. The highest BCUT2D eigenvalue weighted by atomic mass is 16.5. The molecule has 30 heavy (non-hydrogen) atoms. The predicted octanol–water partition coefficient (Wildman–Crippen LogP) is 3.80. The average molecular weight is 400 g/mol. The van der Waals surface area contributed by atoms with E-state index in [0.29, 0.717) is 6.61 Å². The lowest BCUT2D eigenvalue weighted by atomic mass is 10.0. The van der Waals surface area contributed by atoms with Gasteiger partial charge in [0.15, 0.2) is 0 Å². The number of carbonyl (C=O) groups excluding carboxylic acids is 1. The average Bonchev–Trinajstić information content (AvgIpc) is 3.35. The van der Waals surface area contributed by atoms with Crippen LogP contribution in [0.5, 0.6) is 0 Å². The van der Waals surface area contributed by atoms with Crippen molar-refractivity contribution in [2.45, 2.75) is 19.3 Å². The Balaban J connectivity index is 1.45. The van der Waals surface area contributed by atoms with Crippen molar-refractivity contribution >= 4 is 6.09 Å². The van der Waals surface area contributed by atoms with Crippen LogP contribution in [0.25, 0.3) is 22.8 Å². The van der Waals surface area contributed by atoms with Gasteiger partial charge in [-0.1, -0.05) is 12.1 Å². The maximum atomic E-state index is 11.8. The molecule has 0 aliphatic rings. The molecule has 4 rings (SSSR count). The monoisotopic (exact) mass is 400 g/mol. The van der Waals surface area contributed by atoms with Gasteiger partial charge in [-0.3, -0.25) is 9.97 Å². The van der Waals surface area contributed by atoms with Crippen molar-refractivity contribution in [2.24, 2.45) is 0 Å². The number of hydrogen-bond donors (Lipinski definition) is 0. The summed E-state index contributed by atoms with van der Waals surface area (Å²) < 4.78 is 6.58. The summed E-state index contributed by atoms with van der Waals surface area (Å²) in [6, 6.07) is 13.4. The molecule has 0 saturated heterocycles. The normalized spacial score (nSPS) is 10.7. The number of aromatic nitrogens is 6. The lowest BCUT2D eigenvalue weighted by Crippen LogP contribution is -2.12. The van der Waals surface area contributed by atoms with Gasteiger partial charge in [0, 0.05) is 24.8 Å². The second kappa shape index (κ2) is 9.51. The number of aryl methyl sites for hydroxylation is 1. The molecular weight excluding hydrogens is 380 g/mol. The fourth-order valence-corrected chi connectivity index (χ4v) is 3.00. The number of nitrogens with zero attached hydrogens (tertiary/aromatic N) is 6. The van der Waals surface area contributed by atoms with E-state index in [0.717, 1.165) is 47.6 Å². The number of hydrogen-bond acceptors (Lipinski definition) is 7. The fourth-order valence-electron chi connectivity index (χ4n) is 3.00. The Morgan fingerprint density at radius 3 is 2.40 bits per heavy atom. The zero-order valence-corrected chi connectivity index (χ0v) is 16.3. The lowest BCUT2D eigenvalue weighted by molar-refractivity contribution is 0.145.